The smallest absolute Gasteiger partial charge is 0.122 e. The lowest BCUT2D eigenvalue weighted by Crippen LogP contribution is -2.36. The Labute approximate surface area is 128 Å². The summed E-state index contributed by atoms with van der Waals surface area (Å²) in [7, 11) is 4.36. The molecule has 1 aromatic rings. The van der Waals surface area contributed by atoms with Gasteiger partial charge in [-0.3, -0.25) is 4.90 Å². The molecule has 1 aliphatic carbocycles. The van der Waals surface area contributed by atoms with Crippen molar-refractivity contribution in [1.29, 1.82) is 0 Å². The van der Waals surface area contributed by atoms with Gasteiger partial charge in [-0.25, -0.2) is 0 Å². The summed E-state index contributed by atoms with van der Waals surface area (Å²) in [6.45, 7) is 5.62. The number of nitrogens with zero attached hydrogens (tertiary/aromatic N) is 2. The van der Waals surface area contributed by atoms with Gasteiger partial charge in [-0.2, -0.15) is 0 Å². The quantitative estimate of drug-likeness (QED) is 0.835. The topological polar surface area (TPSA) is 31.6 Å². The molecule has 0 atom stereocenters. The van der Waals surface area contributed by atoms with Crippen LogP contribution in [0.15, 0.2) is 16.7 Å². The molecule has 3 rings (SSSR count). The van der Waals surface area contributed by atoms with Crippen LogP contribution in [-0.2, 0) is 13.1 Å². The SMILES string of the molecule is CN(C)CC1CCN(Cc2ccoc2CNC2CC2)CC1. The molecule has 2 heterocycles. The minimum Gasteiger partial charge on any atom is -0.468 e. The van der Waals surface area contributed by atoms with Crippen LogP contribution in [0, 0.1) is 5.92 Å². The van der Waals surface area contributed by atoms with Crippen LogP contribution in [0.25, 0.3) is 0 Å². The molecule has 1 aliphatic heterocycles. The fourth-order valence-corrected chi connectivity index (χ4v) is 3.27. The number of nitrogens with one attached hydrogen (secondary N) is 1. The number of likely N-dealkylation sites (tertiary alicyclic amines) is 1. The van der Waals surface area contributed by atoms with Crippen molar-refractivity contribution >= 4 is 0 Å². The van der Waals surface area contributed by atoms with Crippen molar-refractivity contribution in [3.63, 3.8) is 0 Å². The van der Waals surface area contributed by atoms with Gasteiger partial charge in [0.2, 0.25) is 0 Å². The molecule has 0 bridgehead atoms. The number of furan rings is 1. The molecule has 0 radical (unpaired) electrons. The third-order valence-electron chi connectivity index (χ3n) is 4.69. The highest BCUT2D eigenvalue weighted by Crippen LogP contribution is 2.23. The molecule has 21 heavy (non-hydrogen) atoms. The monoisotopic (exact) mass is 291 g/mol. The summed E-state index contributed by atoms with van der Waals surface area (Å²) in [5.74, 6) is 2.01. The first kappa shape index (κ1) is 15.1. The predicted octanol–water partition coefficient (Wildman–Crippen LogP) is 2.31. The van der Waals surface area contributed by atoms with Gasteiger partial charge in [0.25, 0.3) is 0 Å². The van der Waals surface area contributed by atoms with E-state index in [1.54, 1.807) is 0 Å². The second-order valence-electron chi connectivity index (χ2n) is 7.01. The van der Waals surface area contributed by atoms with E-state index in [2.05, 4.69) is 35.3 Å². The first-order chi connectivity index (χ1) is 10.2. The predicted molar refractivity (Wildman–Crippen MR) is 85.1 cm³/mol. The van der Waals surface area contributed by atoms with Crippen LogP contribution < -0.4 is 5.32 Å². The van der Waals surface area contributed by atoms with Gasteiger partial charge in [-0.05, 0) is 64.9 Å². The molecule has 0 unspecified atom stereocenters. The lowest BCUT2D eigenvalue weighted by molar-refractivity contribution is 0.156. The number of rotatable bonds is 7. The molecule has 0 spiro atoms. The van der Waals surface area contributed by atoms with Crippen LogP contribution in [-0.4, -0.2) is 49.6 Å². The average Bonchev–Trinajstić information content (AvgIpc) is 3.18. The molecule has 1 saturated heterocycles. The maximum atomic E-state index is 5.66. The molecule has 1 saturated carbocycles. The van der Waals surface area contributed by atoms with E-state index in [0.29, 0.717) is 0 Å². The Bertz CT molecular complexity index is 431. The Hall–Kier alpha value is -0.840. The van der Waals surface area contributed by atoms with Gasteiger partial charge in [-0.15, -0.1) is 0 Å². The van der Waals surface area contributed by atoms with Crippen LogP contribution in [0.4, 0.5) is 0 Å². The van der Waals surface area contributed by atoms with E-state index < -0.39 is 0 Å². The Morgan fingerprint density at radius 3 is 2.67 bits per heavy atom. The zero-order valence-electron chi connectivity index (χ0n) is 13.5. The number of hydrogen-bond donors (Lipinski definition) is 1. The summed E-state index contributed by atoms with van der Waals surface area (Å²) in [6, 6.07) is 2.89. The minimum absolute atomic E-state index is 0.740. The molecule has 0 amide bonds. The van der Waals surface area contributed by atoms with Gasteiger partial charge in [0.05, 0.1) is 12.8 Å². The van der Waals surface area contributed by atoms with Crippen molar-refractivity contribution in [2.75, 3.05) is 33.7 Å². The molecule has 1 N–H and O–H groups in total. The van der Waals surface area contributed by atoms with E-state index in [4.69, 9.17) is 4.42 Å². The van der Waals surface area contributed by atoms with E-state index in [1.165, 1.54) is 50.9 Å². The lowest BCUT2D eigenvalue weighted by atomic mass is 9.96. The summed E-state index contributed by atoms with van der Waals surface area (Å²) in [5, 5.41) is 3.55. The zero-order valence-corrected chi connectivity index (χ0v) is 13.5. The summed E-state index contributed by atoms with van der Waals surface area (Å²) < 4.78 is 5.66. The molecule has 4 nitrogen and oxygen atoms in total. The maximum Gasteiger partial charge on any atom is 0.122 e. The fraction of sp³-hybridized carbons (Fsp3) is 0.765. The van der Waals surface area contributed by atoms with Gasteiger partial charge in [-0.1, -0.05) is 0 Å². The van der Waals surface area contributed by atoms with Crippen LogP contribution in [0.5, 0.6) is 0 Å². The van der Waals surface area contributed by atoms with Gasteiger partial charge >= 0.3 is 0 Å². The van der Waals surface area contributed by atoms with Crippen molar-refractivity contribution < 1.29 is 4.42 Å². The number of piperidine rings is 1. The van der Waals surface area contributed by atoms with Crippen LogP contribution >= 0.6 is 0 Å². The highest BCUT2D eigenvalue weighted by atomic mass is 16.3. The zero-order chi connectivity index (χ0) is 14.7. The van der Waals surface area contributed by atoms with Crippen LogP contribution in [0.3, 0.4) is 0 Å². The van der Waals surface area contributed by atoms with E-state index in [9.17, 15) is 0 Å². The minimum atomic E-state index is 0.740. The molecule has 1 aromatic heterocycles. The van der Waals surface area contributed by atoms with E-state index >= 15 is 0 Å². The second-order valence-corrected chi connectivity index (χ2v) is 7.01. The van der Waals surface area contributed by atoms with Gasteiger partial charge in [0.1, 0.15) is 5.76 Å². The third-order valence-corrected chi connectivity index (χ3v) is 4.69. The Morgan fingerprint density at radius 1 is 1.24 bits per heavy atom. The van der Waals surface area contributed by atoms with E-state index in [1.807, 2.05) is 6.26 Å². The summed E-state index contributed by atoms with van der Waals surface area (Å²) in [4.78, 5) is 4.90. The molecule has 2 aliphatic rings. The van der Waals surface area contributed by atoms with Crippen molar-refractivity contribution in [2.45, 2.75) is 44.8 Å². The maximum absolute atomic E-state index is 5.66. The Kier molecular flexibility index (Phi) is 4.99. The van der Waals surface area contributed by atoms with E-state index in [0.717, 1.165) is 30.8 Å². The molecule has 118 valence electrons. The second kappa shape index (κ2) is 6.95. The largest absolute Gasteiger partial charge is 0.468 e. The normalized spacial score (nSPS) is 21.3. The Balaban J connectivity index is 1.45. The molecule has 0 aromatic carbocycles. The van der Waals surface area contributed by atoms with Gasteiger partial charge < -0.3 is 14.6 Å². The third kappa shape index (κ3) is 4.56. The first-order valence-corrected chi connectivity index (χ1v) is 8.36. The summed E-state index contributed by atoms with van der Waals surface area (Å²) >= 11 is 0. The number of hydrogen-bond acceptors (Lipinski definition) is 4. The highest BCUT2D eigenvalue weighted by molar-refractivity contribution is 5.17. The molecular weight excluding hydrogens is 262 g/mol. The molecule has 2 fully saturated rings. The van der Waals surface area contributed by atoms with Crippen molar-refractivity contribution in [3.8, 4) is 0 Å². The first-order valence-electron chi connectivity index (χ1n) is 8.36. The van der Waals surface area contributed by atoms with Crippen LogP contribution in [0.2, 0.25) is 0 Å². The molecular formula is C17H29N3O. The molecule has 4 heteroatoms. The van der Waals surface area contributed by atoms with Crippen molar-refractivity contribution in [1.82, 2.24) is 15.1 Å². The van der Waals surface area contributed by atoms with E-state index in [-0.39, 0.29) is 0 Å². The fourth-order valence-electron chi connectivity index (χ4n) is 3.27. The Morgan fingerprint density at radius 2 is 2.00 bits per heavy atom. The van der Waals surface area contributed by atoms with Gasteiger partial charge in [0, 0.05) is 24.7 Å². The summed E-state index contributed by atoms with van der Waals surface area (Å²) in [5.41, 5.74) is 1.37. The average molecular weight is 291 g/mol. The summed E-state index contributed by atoms with van der Waals surface area (Å²) in [6.07, 6.45) is 7.15. The van der Waals surface area contributed by atoms with Crippen molar-refractivity contribution in [2.24, 2.45) is 5.92 Å². The highest BCUT2D eigenvalue weighted by Gasteiger charge is 2.23. The van der Waals surface area contributed by atoms with Crippen LogP contribution in [0.1, 0.15) is 37.0 Å². The standard InChI is InChI=1S/C17H29N3O/c1-19(2)12-14-5-8-20(9-6-14)13-15-7-10-21-17(15)11-18-16-3-4-16/h7,10,14,16,18H,3-6,8-9,11-13H2,1-2H3. The lowest BCUT2D eigenvalue weighted by Gasteiger charge is -2.33. The van der Waals surface area contributed by atoms with Gasteiger partial charge in [0.15, 0.2) is 0 Å². The van der Waals surface area contributed by atoms with Crippen molar-refractivity contribution in [3.05, 3.63) is 23.7 Å².